The molecule has 6 heteroatoms. The Morgan fingerprint density at radius 3 is 2.05 bits per heavy atom. The summed E-state index contributed by atoms with van der Waals surface area (Å²) in [4.78, 5) is 23.1. The molecule has 2 rings (SSSR count). The number of aromatic nitrogens is 2. The maximum Gasteiger partial charge on any atom is 0.259 e. The molecule has 1 aromatic heterocycles. The number of carbonyl (C=O) groups is 2. The zero-order valence-electron chi connectivity index (χ0n) is 11.6. The molecule has 0 saturated heterocycles. The molecule has 3 N–H and O–H groups in total. The number of nitrogens with one attached hydrogen (secondary N) is 3. The first-order chi connectivity index (χ1) is 9.47. The smallest absolute Gasteiger partial charge is 0.259 e. The molecule has 0 unspecified atom stereocenters. The summed E-state index contributed by atoms with van der Waals surface area (Å²) in [5, 5.41) is 12.2. The van der Waals surface area contributed by atoms with E-state index in [-0.39, 0.29) is 11.8 Å². The Hall–Kier alpha value is -2.63. The first-order valence-corrected chi connectivity index (χ1v) is 6.18. The molecule has 20 heavy (non-hydrogen) atoms. The molecule has 2 aromatic rings. The molecule has 0 aliphatic carbocycles. The van der Waals surface area contributed by atoms with Gasteiger partial charge in [-0.25, -0.2) is 0 Å². The lowest BCUT2D eigenvalue weighted by atomic mass is 10.2. The third kappa shape index (κ3) is 3.03. The fraction of sp³-hybridized carbons (Fsp3) is 0.214. The Morgan fingerprint density at radius 1 is 1.05 bits per heavy atom. The topological polar surface area (TPSA) is 86.9 Å². The summed E-state index contributed by atoms with van der Waals surface area (Å²) in [6.45, 7) is 5.02. The molecule has 0 aliphatic heterocycles. The van der Waals surface area contributed by atoms with Crippen LogP contribution in [0.5, 0.6) is 0 Å². The molecule has 104 valence electrons. The normalized spacial score (nSPS) is 10.2. The Balaban J connectivity index is 2.10. The van der Waals surface area contributed by atoms with E-state index < -0.39 is 0 Å². The largest absolute Gasteiger partial charge is 0.326 e. The molecule has 0 spiro atoms. The van der Waals surface area contributed by atoms with E-state index in [1.54, 1.807) is 38.1 Å². The van der Waals surface area contributed by atoms with E-state index in [2.05, 4.69) is 20.8 Å². The second kappa shape index (κ2) is 5.56. The van der Waals surface area contributed by atoms with Crippen LogP contribution in [0.1, 0.15) is 28.7 Å². The van der Waals surface area contributed by atoms with Crippen LogP contribution in [0.2, 0.25) is 0 Å². The minimum absolute atomic E-state index is 0.133. The summed E-state index contributed by atoms with van der Waals surface area (Å²) < 4.78 is 0. The second-order valence-corrected chi connectivity index (χ2v) is 4.52. The molecule has 0 saturated carbocycles. The van der Waals surface area contributed by atoms with E-state index >= 15 is 0 Å². The highest BCUT2D eigenvalue weighted by molar-refractivity contribution is 6.05. The van der Waals surface area contributed by atoms with Gasteiger partial charge in [0.05, 0.1) is 11.3 Å². The molecule has 0 fully saturated rings. The van der Waals surface area contributed by atoms with Crippen LogP contribution in [0.3, 0.4) is 0 Å². The van der Waals surface area contributed by atoms with E-state index in [0.717, 1.165) is 5.69 Å². The third-order valence-corrected chi connectivity index (χ3v) is 2.82. The first-order valence-electron chi connectivity index (χ1n) is 6.18. The molecule has 0 atom stereocenters. The van der Waals surface area contributed by atoms with Crippen molar-refractivity contribution < 1.29 is 9.59 Å². The van der Waals surface area contributed by atoms with Gasteiger partial charge in [-0.15, -0.1) is 0 Å². The highest BCUT2D eigenvalue weighted by Gasteiger charge is 2.15. The van der Waals surface area contributed by atoms with Crippen LogP contribution >= 0.6 is 0 Å². The number of hydrogen-bond acceptors (Lipinski definition) is 3. The zero-order chi connectivity index (χ0) is 14.7. The fourth-order valence-corrected chi connectivity index (χ4v) is 1.92. The van der Waals surface area contributed by atoms with Gasteiger partial charge in [-0.1, -0.05) is 0 Å². The average molecular weight is 272 g/mol. The number of hydrogen-bond donors (Lipinski definition) is 3. The van der Waals surface area contributed by atoms with Crippen molar-refractivity contribution in [1.29, 1.82) is 0 Å². The fourth-order valence-electron chi connectivity index (χ4n) is 1.92. The molecule has 0 aliphatic rings. The van der Waals surface area contributed by atoms with E-state index in [4.69, 9.17) is 0 Å². The summed E-state index contributed by atoms with van der Waals surface area (Å²) in [5.74, 6) is -0.340. The number of aryl methyl sites for hydroxylation is 2. The molecular weight excluding hydrogens is 256 g/mol. The van der Waals surface area contributed by atoms with Gasteiger partial charge in [-0.2, -0.15) is 5.10 Å². The highest BCUT2D eigenvalue weighted by Crippen LogP contribution is 2.16. The summed E-state index contributed by atoms with van der Waals surface area (Å²) in [5.41, 5.74) is 3.29. The lowest BCUT2D eigenvalue weighted by Crippen LogP contribution is -2.13. The van der Waals surface area contributed by atoms with Crippen LogP contribution in [0, 0.1) is 13.8 Å². The number of rotatable bonds is 3. The minimum Gasteiger partial charge on any atom is -0.326 e. The van der Waals surface area contributed by atoms with Crippen molar-refractivity contribution in [3.05, 3.63) is 41.2 Å². The number of nitrogens with zero attached hydrogens (tertiary/aromatic N) is 1. The second-order valence-electron chi connectivity index (χ2n) is 4.52. The predicted molar refractivity (Wildman–Crippen MR) is 76.8 cm³/mol. The van der Waals surface area contributed by atoms with E-state index in [9.17, 15) is 9.59 Å². The van der Waals surface area contributed by atoms with Gasteiger partial charge in [0, 0.05) is 24.0 Å². The zero-order valence-corrected chi connectivity index (χ0v) is 11.6. The van der Waals surface area contributed by atoms with Gasteiger partial charge in [-0.3, -0.25) is 14.7 Å². The van der Waals surface area contributed by atoms with Crippen LogP contribution in [-0.2, 0) is 4.79 Å². The maximum absolute atomic E-state index is 12.1. The SMILES string of the molecule is CC(=O)Nc1ccc(NC(=O)c2c(C)n[nH]c2C)cc1. The van der Waals surface area contributed by atoms with Gasteiger partial charge in [-0.05, 0) is 38.1 Å². The number of aromatic amines is 1. The Labute approximate surface area is 116 Å². The van der Waals surface area contributed by atoms with Crippen molar-refractivity contribution in [2.75, 3.05) is 10.6 Å². The van der Waals surface area contributed by atoms with E-state index in [1.165, 1.54) is 6.92 Å². The van der Waals surface area contributed by atoms with Crippen LogP contribution in [0.4, 0.5) is 11.4 Å². The quantitative estimate of drug-likeness (QED) is 0.800. The van der Waals surface area contributed by atoms with Gasteiger partial charge in [0.2, 0.25) is 5.91 Å². The number of H-pyrrole nitrogens is 1. The van der Waals surface area contributed by atoms with Crippen LogP contribution in [0.25, 0.3) is 0 Å². The molecule has 1 heterocycles. The minimum atomic E-state index is -0.207. The molecule has 1 aromatic carbocycles. The Morgan fingerprint density at radius 2 is 1.60 bits per heavy atom. The van der Waals surface area contributed by atoms with Crippen LogP contribution in [0.15, 0.2) is 24.3 Å². The van der Waals surface area contributed by atoms with E-state index in [0.29, 0.717) is 22.6 Å². The number of benzene rings is 1. The van der Waals surface area contributed by atoms with Gasteiger partial charge in [0.25, 0.3) is 5.91 Å². The summed E-state index contributed by atoms with van der Waals surface area (Å²) in [6, 6.07) is 6.92. The summed E-state index contributed by atoms with van der Waals surface area (Å²) in [6.07, 6.45) is 0. The standard InChI is InChI=1S/C14H16N4O2/c1-8-13(9(2)18-17-8)14(20)16-12-6-4-11(5-7-12)15-10(3)19/h4-7H,1-3H3,(H,15,19)(H,16,20)(H,17,18). The lowest BCUT2D eigenvalue weighted by Gasteiger charge is -2.07. The molecule has 0 bridgehead atoms. The molecule has 2 amide bonds. The number of anilines is 2. The van der Waals surface area contributed by atoms with Crippen molar-refractivity contribution in [2.45, 2.75) is 20.8 Å². The third-order valence-electron chi connectivity index (χ3n) is 2.82. The number of carbonyl (C=O) groups excluding carboxylic acids is 2. The highest BCUT2D eigenvalue weighted by atomic mass is 16.2. The van der Waals surface area contributed by atoms with Gasteiger partial charge >= 0.3 is 0 Å². The summed E-state index contributed by atoms with van der Waals surface area (Å²) in [7, 11) is 0. The van der Waals surface area contributed by atoms with Gasteiger partial charge in [0.15, 0.2) is 0 Å². The molecular formula is C14H16N4O2. The monoisotopic (exact) mass is 272 g/mol. The van der Waals surface area contributed by atoms with Crippen molar-refractivity contribution in [3.63, 3.8) is 0 Å². The Kier molecular flexibility index (Phi) is 3.84. The average Bonchev–Trinajstić information content (AvgIpc) is 2.71. The van der Waals surface area contributed by atoms with Crippen molar-refractivity contribution in [3.8, 4) is 0 Å². The Bertz CT molecular complexity index is 624. The van der Waals surface area contributed by atoms with Gasteiger partial charge in [0.1, 0.15) is 0 Å². The summed E-state index contributed by atoms with van der Waals surface area (Å²) >= 11 is 0. The maximum atomic E-state index is 12.1. The predicted octanol–water partition coefficient (Wildman–Crippen LogP) is 2.24. The molecule has 0 radical (unpaired) electrons. The van der Waals surface area contributed by atoms with Crippen molar-refractivity contribution in [1.82, 2.24) is 10.2 Å². The van der Waals surface area contributed by atoms with Crippen LogP contribution in [-0.4, -0.2) is 22.0 Å². The molecule has 6 nitrogen and oxygen atoms in total. The first kappa shape index (κ1) is 13.8. The number of amides is 2. The van der Waals surface area contributed by atoms with Crippen molar-refractivity contribution in [2.24, 2.45) is 0 Å². The van der Waals surface area contributed by atoms with Crippen LogP contribution < -0.4 is 10.6 Å². The van der Waals surface area contributed by atoms with Gasteiger partial charge < -0.3 is 10.6 Å². The van der Waals surface area contributed by atoms with Crippen molar-refractivity contribution >= 4 is 23.2 Å². The lowest BCUT2D eigenvalue weighted by molar-refractivity contribution is -0.114. The van der Waals surface area contributed by atoms with E-state index in [1.807, 2.05) is 0 Å².